The van der Waals surface area contributed by atoms with Gasteiger partial charge in [0.1, 0.15) is 5.75 Å². The Hall–Kier alpha value is -1.80. The molecule has 1 saturated carbocycles. The molecule has 2 heteroatoms. The van der Waals surface area contributed by atoms with Gasteiger partial charge >= 0.3 is 0 Å². The van der Waals surface area contributed by atoms with Crippen LogP contribution in [0.3, 0.4) is 0 Å². The molecular formula is C18H21NO. The number of rotatable bonds is 4. The zero-order valence-electron chi connectivity index (χ0n) is 11.9. The first-order valence-electron chi connectivity index (χ1n) is 7.29. The van der Waals surface area contributed by atoms with E-state index in [1.165, 1.54) is 36.0 Å². The highest BCUT2D eigenvalue weighted by Crippen LogP contribution is 2.37. The first-order chi connectivity index (χ1) is 9.81. The number of hydrogen-bond acceptors (Lipinski definition) is 2. The van der Waals surface area contributed by atoms with Gasteiger partial charge in [0.05, 0.1) is 7.11 Å². The summed E-state index contributed by atoms with van der Waals surface area (Å²) in [5.41, 5.74) is 10.9. The fourth-order valence-corrected chi connectivity index (χ4v) is 2.82. The first-order valence-corrected chi connectivity index (χ1v) is 7.29. The Morgan fingerprint density at radius 2 is 1.85 bits per heavy atom. The molecule has 0 atom stereocenters. The smallest absolute Gasteiger partial charge is 0.119 e. The monoisotopic (exact) mass is 267 g/mol. The predicted molar refractivity (Wildman–Crippen MR) is 82.9 cm³/mol. The molecule has 2 nitrogen and oxygen atoms in total. The van der Waals surface area contributed by atoms with Crippen molar-refractivity contribution in [2.75, 3.05) is 7.11 Å². The van der Waals surface area contributed by atoms with E-state index in [4.69, 9.17) is 10.5 Å². The molecule has 0 aliphatic heterocycles. The summed E-state index contributed by atoms with van der Waals surface area (Å²) in [6, 6.07) is 15.1. The highest BCUT2D eigenvalue weighted by molar-refractivity contribution is 5.68. The molecule has 0 radical (unpaired) electrons. The van der Waals surface area contributed by atoms with E-state index in [1.54, 1.807) is 7.11 Å². The van der Waals surface area contributed by atoms with Crippen molar-refractivity contribution in [3.8, 4) is 16.9 Å². The van der Waals surface area contributed by atoms with E-state index in [2.05, 4.69) is 30.3 Å². The second kappa shape index (κ2) is 5.68. The van der Waals surface area contributed by atoms with Gasteiger partial charge in [0.2, 0.25) is 0 Å². The minimum Gasteiger partial charge on any atom is -0.497 e. The summed E-state index contributed by atoms with van der Waals surface area (Å²) in [4.78, 5) is 0. The minimum atomic E-state index is 0.525. The van der Waals surface area contributed by atoms with E-state index in [1.807, 2.05) is 12.1 Å². The van der Waals surface area contributed by atoms with Crippen LogP contribution >= 0.6 is 0 Å². The Morgan fingerprint density at radius 3 is 2.40 bits per heavy atom. The summed E-state index contributed by atoms with van der Waals surface area (Å²) in [5.74, 6) is 1.65. The molecule has 1 fully saturated rings. The second-order valence-corrected chi connectivity index (χ2v) is 5.48. The molecule has 0 unspecified atom stereocenters. The van der Waals surface area contributed by atoms with Gasteiger partial charge in [-0.05, 0) is 53.1 Å². The van der Waals surface area contributed by atoms with Crippen LogP contribution < -0.4 is 10.5 Å². The maximum absolute atomic E-state index is 5.86. The zero-order valence-corrected chi connectivity index (χ0v) is 11.9. The highest BCUT2D eigenvalue weighted by Gasteiger charge is 2.19. The standard InChI is InChI=1S/C18H21NO/c1-20-17-9-10-18(16(11-17)12-19)15-7-5-14(6-8-15)13-3-2-4-13/h5-11,13H,2-4,12,19H2,1H3. The van der Waals surface area contributed by atoms with Crippen molar-refractivity contribution in [1.82, 2.24) is 0 Å². The molecule has 0 bridgehead atoms. The lowest BCUT2D eigenvalue weighted by molar-refractivity contribution is 0.414. The maximum atomic E-state index is 5.86. The van der Waals surface area contributed by atoms with Crippen molar-refractivity contribution >= 4 is 0 Å². The Bertz CT molecular complexity index is 585. The highest BCUT2D eigenvalue weighted by atomic mass is 16.5. The molecule has 0 amide bonds. The van der Waals surface area contributed by atoms with Gasteiger partial charge < -0.3 is 10.5 Å². The van der Waals surface area contributed by atoms with Crippen LogP contribution in [0.15, 0.2) is 42.5 Å². The van der Waals surface area contributed by atoms with E-state index in [0.717, 1.165) is 17.2 Å². The molecule has 3 rings (SSSR count). The van der Waals surface area contributed by atoms with Gasteiger partial charge in [0.15, 0.2) is 0 Å². The van der Waals surface area contributed by atoms with Crippen molar-refractivity contribution in [2.45, 2.75) is 31.7 Å². The van der Waals surface area contributed by atoms with Crippen LogP contribution in [0.2, 0.25) is 0 Å². The maximum Gasteiger partial charge on any atom is 0.119 e. The molecule has 1 aliphatic carbocycles. The molecule has 0 spiro atoms. The third kappa shape index (κ3) is 2.44. The summed E-state index contributed by atoms with van der Waals surface area (Å²) in [6.45, 7) is 0.525. The van der Waals surface area contributed by atoms with Crippen molar-refractivity contribution in [2.24, 2.45) is 5.73 Å². The lowest BCUT2D eigenvalue weighted by Gasteiger charge is -2.25. The lowest BCUT2D eigenvalue weighted by Crippen LogP contribution is -2.08. The van der Waals surface area contributed by atoms with Crippen LogP contribution in [-0.4, -0.2) is 7.11 Å². The van der Waals surface area contributed by atoms with Crippen molar-refractivity contribution in [1.29, 1.82) is 0 Å². The summed E-state index contributed by atoms with van der Waals surface area (Å²) < 4.78 is 5.26. The average Bonchev–Trinajstić information content (AvgIpc) is 2.45. The molecule has 2 aromatic rings. The largest absolute Gasteiger partial charge is 0.497 e. The second-order valence-electron chi connectivity index (χ2n) is 5.48. The molecule has 2 N–H and O–H groups in total. The predicted octanol–water partition coefficient (Wildman–Crippen LogP) is 4.09. The van der Waals surface area contributed by atoms with Crippen LogP contribution in [0.1, 0.15) is 36.3 Å². The van der Waals surface area contributed by atoms with Crippen LogP contribution in [0, 0.1) is 0 Å². The van der Waals surface area contributed by atoms with Crippen molar-refractivity contribution < 1.29 is 4.74 Å². The van der Waals surface area contributed by atoms with Crippen molar-refractivity contribution in [3.05, 3.63) is 53.6 Å². The number of benzene rings is 2. The Kier molecular flexibility index (Phi) is 3.75. The topological polar surface area (TPSA) is 35.2 Å². The first kappa shape index (κ1) is 13.2. The van der Waals surface area contributed by atoms with Crippen LogP contribution in [0.5, 0.6) is 5.75 Å². The average molecular weight is 267 g/mol. The van der Waals surface area contributed by atoms with E-state index in [9.17, 15) is 0 Å². The van der Waals surface area contributed by atoms with Gasteiger partial charge in [0, 0.05) is 6.54 Å². The minimum absolute atomic E-state index is 0.525. The fourth-order valence-electron chi connectivity index (χ4n) is 2.82. The number of hydrogen-bond donors (Lipinski definition) is 1. The zero-order chi connectivity index (χ0) is 13.9. The Labute approximate surface area is 120 Å². The molecule has 0 saturated heterocycles. The van der Waals surface area contributed by atoms with Gasteiger partial charge in [0.25, 0.3) is 0 Å². The van der Waals surface area contributed by atoms with Gasteiger partial charge in [-0.25, -0.2) is 0 Å². The normalized spacial score (nSPS) is 14.9. The third-order valence-corrected chi connectivity index (χ3v) is 4.33. The van der Waals surface area contributed by atoms with Crippen LogP contribution in [0.4, 0.5) is 0 Å². The SMILES string of the molecule is COc1ccc(-c2ccc(C3CCC3)cc2)c(CN)c1. The van der Waals surface area contributed by atoms with Gasteiger partial charge in [-0.2, -0.15) is 0 Å². The number of methoxy groups -OCH3 is 1. The molecule has 0 heterocycles. The number of nitrogens with two attached hydrogens (primary N) is 1. The molecule has 20 heavy (non-hydrogen) atoms. The van der Waals surface area contributed by atoms with E-state index < -0.39 is 0 Å². The van der Waals surface area contributed by atoms with E-state index in [0.29, 0.717) is 6.54 Å². The van der Waals surface area contributed by atoms with E-state index in [-0.39, 0.29) is 0 Å². The molecule has 104 valence electrons. The number of ether oxygens (including phenoxy) is 1. The Morgan fingerprint density at radius 1 is 1.10 bits per heavy atom. The summed E-state index contributed by atoms with van der Waals surface area (Å²) in [5, 5.41) is 0. The lowest BCUT2D eigenvalue weighted by atomic mass is 9.80. The molecule has 1 aliphatic rings. The van der Waals surface area contributed by atoms with Crippen LogP contribution in [-0.2, 0) is 6.54 Å². The molecule has 0 aromatic heterocycles. The summed E-state index contributed by atoms with van der Waals surface area (Å²) >= 11 is 0. The molecular weight excluding hydrogens is 246 g/mol. The Balaban J connectivity index is 1.91. The third-order valence-electron chi connectivity index (χ3n) is 4.33. The summed E-state index contributed by atoms with van der Waals surface area (Å²) in [6.07, 6.45) is 4.06. The van der Waals surface area contributed by atoms with E-state index >= 15 is 0 Å². The van der Waals surface area contributed by atoms with Crippen LogP contribution in [0.25, 0.3) is 11.1 Å². The van der Waals surface area contributed by atoms with Gasteiger partial charge in [-0.3, -0.25) is 0 Å². The van der Waals surface area contributed by atoms with Crippen molar-refractivity contribution in [3.63, 3.8) is 0 Å². The fraction of sp³-hybridized carbons (Fsp3) is 0.333. The molecule has 2 aromatic carbocycles. The quantitative estimate of drug-likeness (QED) is 0.905. The van der Waals surface area contributed by atoms with Gasteiger partial charge in [-0.15, -0.1) is 0 Å². The van der Waals surface area contributed by atoms with Gasteiger partial charge in [-0.1, -0.05) is 36.8 Å². The summed E-state index contributed by atoms with van der Waals surface area (Å²) in [7, 11) is 1.68.